The van der Waals surface area contributed by atoms with Gasteiger partial charge in [0.2, 0.25) is 11.8 Å². The van der Waals surface area contributed by atoms with Crippen molar-refractivity contribution >= 4 is 11.8 Å². The number of amides is 2. The van der Waals surface area contributed by atoms with Gasteiger partial charge >= 0.3 is 6.18 Å². The molecule has 1 saturated carbocycles. The van der Waals surface area contributed by atoms with Gasteiger partial charge in [-0.3, -0.25) is 9.59 Å². The van der Waals surface area contributed by atoms with Gasteiger partial charge in [-0.15, -0.1) is 0 Å². The largest absolute Gasteiger partial charge is 0.416 e. The Morgan fingerprint density at radius 3 is 2.18 bits per heavy atom. The molecule has 0 radical (unpaired) electrons. The Labute approximate surface area is 187 Å². The van der Waals surface area contributed by atoms with Crippen molar-refractivity contribution in [2.45, 2.75) is 49.7 Å². The van der Waals surface area contributed by atoms with Gasteiger partial charge in [0.1, 0.15) is 17.7 Å². The minimum atomic E-state index is -4.69. The second-order valence-corrected chi connectivity index (χ2v) is 8.66. The lowest BCUT2D eigenvalue weighted by atomic mass is 9.92. The highest BCUT2D eigenvalue weighted by Gasteiger charge is 2.53. The highest BCUT2D eigenvalue weighted by molar-refractivity contribution is 5.95. The predicted octanol–water partition coefficient (Wildman–Crippen LogP) is 4.37. The van der Waals surface area contributed by atoms with E-state index in [1.807, 2.05) is 0 Å². The van der Waals surface area contributed by atoms with Crippen molar-refractivity contribution in [1.82, 2.24) is 10.2 Å². The summed E-state index contributed by atoms with van der Waals surface area (Å²) in [5.41, 5.74) is -1.90. The molecule has 9 heteroatoms. The van der Waals surface area contributed by atoms with Gasteiger partial charge in [-0.2, -0.15) is 13.2 Å². The standard InChI is InChI=1S/C24H23F5N2O2/c25-17-6-3-15(4-7-17)13-20(21(32)31-11-1-2-12-31)30-22(33)23(9-10-23)18-8-5-16(14-19(18)26)24(27,28)29/h3-8,14,20H,1-2,9-13H2,(H,30,33). The van der Waals surface area contributed by atoms with E-state index in [0.717, 1.165) is 25.0 Å². The first-order valence-corrected chi connectivity index (χ1v) is 10.8. The van der Waals surface area contributed by atoms with Crippen LogP contribution in [0.5, 0.6) is 0 Å². The normalized spacial score (nSPS) is 18.2. The molecule has 1 saturated heterocycles. The van der Waals surface area contributed by atoms with Gasteiger partial charge in [0.25, 0.3) is 0 Å². The third-order valence-corrected chi connectivity index (χ3v) is 6.37. The van der Waals surface area contributed by atoms with Crippen molar-refractivity contribution in [1.29, 1.82) is 0 Å². The van der Waals surface area contributed by atoms with E-state index < -0.39 is 40.7 Å². The smallest absolute Gasteiger partial charge is 0.343 e. The molecule has 1 unspecified atom stereocenters. The maximum atomic E-state index is 14.6. The van der Waals surface area contributed by atoms with Crippen LogP contribution in [-0.2, 0) is 27.6 Å². The first kappa shape index (κ1) is 23.2. The summed E-state index contributed by atoms with van der Waals surface area (Å²) in [5.74, 6) is -2.41. The molecular weight excluding hydrogens is 443 g/mol. The summed E-state index contributed by atoms with van der Waals surface area (Å²) in [6.45, 7) is 1.13. The van der Waals surface area contributed by atoms with E-state index in [1.54, 1.807) is 4.90 Å². The lowest BCUT2D eigenvalue weighted by molar-refractivity contribution is -0.138. The Morgan fingerprint density at radius 1 is 1.00 bits per heavy atom. The molecule has 1 aliphatic carbocycles. The molecule has 0 bridgehead atoms. The number of rotatable bonds is 6. The fourth-order valence-corrected chi connectivity index (χ4v) is 4.33. The molecule has 1 atom stereocenters. The molecule has 1 N–H and O–H groups in total. The first-order valence-electron chi connectivity index (χ1n) is 10.8. The van der Waals surface area contributed by atoms with Crippen molar-refractivity contribution in [2.75, 3.05) is 13.1 Å². The summed E-state index contributed by atoms with van der Waals surface area (Å²) >= 11 is 0. The number of carbonyl (C=O) groups excluding carboxylic acids is 2. The van der Waals surface area contributed by atoms with Crippen LogP contribution < -0.4 is 5.32 Å². The van der Waals surface area contributed by atoms with E-state index in [0.29, 0.717) is 24.7 Å². The monoisotopic (exact) mass is 466 g/mol. The second kappa shape index (κ2) is 8.76. The summed E-state index contributed by atoms with van der Waals surface area (Å²) in [4.78, 5) is 27.9. The van der Waals surface area contributed by atoms with E-state index >= 15 is 0 Å². The lowest BCUT2D eigenvalue weighted by Crippen LogP contribution is -2.51. The Morgan fingerprint density at radius 2 is 1.64 bits per heavy atom. The Balaban J connectivity index is 1.57. The molecular formula is C24H23F5N2O2. The maximum absolute atomic E-state index is 14.6. The van der Waals surface area contributed by atoms with Crippen LogP contribution >= 0.6 is 0 Å². The van der Waals surface area contributed by atoms with Crippen LogP contribution in [0.2, 0.25) is 0 Å². The lowest BCUT2D eigenvalue weighted by Gasteiger charge is -2.26. The summed E-state index contributed by atoms with van der Waals surface area (Å²) in [7, 11) is 0. The van der Waals surface area contributed by atoms with Gasteiger partial charge in [0.15, 0.2) is 0 Å². The van der Waals surface area contributed by atoms with Crippen LogP contribution in [0.4, 0.5) is 22.0 Å². The zero-order valence-corrected chi connectivity index (χ0v) is 17.7. The Hall–Kier alpha value is -2.97. The van der Waals surface area contributed by atoms with Crippen LogP contribution in [0.15, 0.2) is 42.5 Å². The minimum absolute atomic E-state index is 0.109. The molecule has 1 heterocycles. The van der Waals surface area contributed by atoms with E-state index in [4.69, 9.17) is 0 Å². The fourth-order valence-electron chi connectivity index (χ4n) is 4.33. The zero-order chi connectivity index (χ0) is 23.8. The molecule has 4 rings (SSSR count). The number of nitrogens with one attached hydrogen (secondary N) is 1. The van der Waals surface area contributed by atoms with E-state index in [2.05, 4.69) is 5.32 Å². The van der Waals surface area contributed by atoms with Gasteiger partial charge in [-0.25, -0.2) is 8.78 Å². The van der Waals surface area contributed by atoms with Crippen molar-refractivity contribution < 1.29 is 31.5 Å². The van der Waals surface area contributed by atoms with Crippen LogP contribution in [0, 0.1) is 11.6 Å². The van der Waals surface area contributed by atoms with Crippen LogP contribution in [0.3, 0.4) is 0 Å². The molecule has 0 spiro atoms. The molecule has 2 aromatic carbocycles. The molecule has 2 amide bonds. The molecule has 0 aromatic heterocycles. The average molecular weight is 466 g/mol. The average Bonchev–Trinajstić information content (AvgIpc) is 3.39. The van der Waals surface area contributed by atoms with E-state index in [9.17, 15) is 31.5 Å². The number of carbonyl (C=O) groups is 2. The van der Waals surface area contributed by atoms with Gasteiger partial charge in [0, 0.05) is 25.1 Å². The van der Waals surface area contributed by atoms with Crippen LogP contribution in [-0.4, -0.2) is 35.8 Å². The van der Waals surface area contributed by atoms with Crippen LogP contribution in [0.25, 0.3) is 0 Å². The highest BCUT2D eigenvalue weighted by Crippen LogP contribution is 2.50. The Kier molecular flexibility index (Phi) is 6.16. The minimum Gasteiger partial charge on any atom is -0.343 e. The summed E-state index contributed by atoms with van der Waals surface area (Å²) in [6, 6.07) is 6.77. The summed E-state index contributed by atoms with van der Waals surface area (Å²) in [6.07, 6.45) is -2.34. The van der Waals surface area contributed by atoms with E-state index in [-0.39, 0.29) is 30.7 Å². The molecule has 33 heavy (non-hydrogen) atoms. The number of likely N-dealkylation sites (tertiary alicyclic amines) is 1. The quantitative estimate of drug-likeness (QED) is 0.643. The topological polar surface area (TPSA) is 49.4 Å². The number of hydrogen-bond acceptors (Lipinski definition) is 2. The van der Waals surface area contributed by atoms with Crippen molar-refractivity contribution in [3.63, 3.8) is 0 Å². The molecule has 2 aliphatic rings. The molecule has 2 aromatic rings. The van der Waals surface area contributed by atoms with E-state index in [1.165, 1.54) is 24.3 Å². The Bertz CT molecular complexity index is 1040. The summed E-state index contributed by atoms with van der Waals surface area (Å²) in [5, 5.41) is 2.72. The SMILES string of the molecule is O=C(C(Cc1ccc(F)cc1)NC(=O)C1(c2ccc(C(F)(F)F)cc2F)CC1)N1CCCC1. The third kappa shape index (κ3) is 4.86. The van der Waals surface area contributed by atoms with Gasteiger partial charge < -0.3 is 10.2 Å². The second-order valence-electron chi connectivity index (χ2n) is 8.66. The molecule has 4 nitrogen and oxygen atoms in total. The van der Waals surface area contributed by atoms with Gasteiger partial charge in [0.05, 0.1) is 11.0 Å². The van der Waals surface area contributed by atoms with Crippen molar-refractivity contribution in [3.8, 4) is 0 Å². The highest BCUT2D eigenvalue weighted by atomic mass is 19.4. The van der Waals surface area contributed by atoms with Crippen molar-refractivity contribution in [3.05, 3.63) is 70.8 Å². The third-order valence-electron chi connectivity index (χ3n) is 6.37. The summed E-state index contributed by atoms with van der Waals surface area (Å²) < 4.78 is 66.6. The first-order chi connectivity index (χ1) is 15.6. The number of nitrogens with zero attached hydrogens (tertiary/aromatic N) is 1. The number of alkyl halides is 3. The van der Waals surface area contributed by atoms with Crippen LogP contribution in [0.1, 0.15) is 42.4 Å². The maximum Gasteiger partial charge on any atom is 0.416 e. The van der Waals surface area contributed by atoms with Crippen molar-refractivity contribution in [2.24, 2.45) is 0 Å². The number of benzene rings is 2. The fraction of sp³-hybridized carbons (Fsp3) is 0.417. The molecule has 2 fully saturated rings. The molecule has 176 valence electrons. The number of halogens is 5. The zero-order valence-electron chi connectivity index (χ0n) is 17.7. The molecule has 1 aliphatic heterocycles. The predicted molar refractivity (Wildman–Crippen MR) is 110 cm³/mol. The number of hydrogen-bond donors (Lipinski definition) is 1. The van der Waals surface area contributed by atoms with Gasteiger partial charge in [-0.05, 0) is 55.5 Å². The van der Waals surface area contributed by atoms with Gasteiger partial charge in [-0.1, -0.05) is 18.2 Å².